The SMILES string of the molecule is CC(C)NC(CC1=CCC=C1)C(=O)C(C)C. The molecule has 0 aromatic rings. The fourth-order valence-corrected chi connectivity index (χ4v) is 1.94. The average Bonchev–Trinajstić information content (AvgIpc) is 2.67. The van der Waals surface area contributed by atoms with Crippen LogP contribution < -0.4 is 5.32 Å². The van der Waals surface area contributed by atoms with E-state index in [4.69, 9.17) is 0 Å². The lowest BCUT2D eigenvalue weighted by Crippen LogP contribution is -2.42. The molecule has 1 unspecified atom stereocenters. The summed E-state index contributed by atoms with van der Waals surface area (Å²) < 4.78 is 0. The maximum atomic E-state index is 12.1. The van der Waals surface area contributed by atoms with Gasteiger partial charge in [0.25, 0.3) is 0 Å². The molecule has 2 heteroatoms. The summed E-state index contributed by atoms with van der Waals surface area (Å²) in [4.78, 5) is 12.1. The highest BCUT2D eigenvalue weighted by Crippen LogP contribution is 2.17. The van der Waals surface area contributed by atoms with E-state index >= 15 is 0 Å². The molecule has 0 aromatic heterocycles. The molecule has 0 saturated heterocycles. The molecule has 0 aromatic carbocycles. The van der Waals surface area contributed by atoms with Crippen molar-refractivity contribution in [1.29, 1.82) is 0 Å². The molecule has 1 rings (SSSR count). The van der Waals surface area contributed by atoms with Gasteiger partial charge in [-0.25, -0.2) is 0 Å². The van der Waals surface area contributed by atoms with Gasteiger partial charge in [-0.3, -0.25) is 4.79 Å². The molecule has 1 aliphatic rings. The molecular weight excluding hydrogens is 198 g/mol. The lowest BCUT2D eigenvalue weighted by Gasteiger charge is -2.22. The zero-order chi connectivity index (χ0) is 12.1. The molecule has 1 aliphatic carbocycles. The van der Waals surface area contributed by atoms with Crippen molar-refractivity contribution >= 4 is 5.78 Å². The van der Waals surface area contributed by atoms with Crippen molar-refractivity contribution in [3.05, 3.63) is 23.8 Å². The van der Waals surface area contributed by atoms with E-state index in [1.165, 1.54) is 5.57 Å². The van der Waals surface area contributed by atoms with E-state index in [9.17, 15) is 4.79 Å². The van der Waals surface area contributed by atoms with Crippen molar-refractivity contribution in [1.82, 2.24) is 5.32 Å². The minimum atomic E-state index is -0.0333. The Morgan fingerprint density at radius 2 is 2.06 bits per heavy atom. The van der Waals surface area contributed by atoms with E-state index in [2.05, 4.69) is 37.4 Å². The zero-order valence-electron chi connectivity index (χ0n) is 10.8. The largest absolute Gasteiger partial charge is 0.305 e. The van der Waals surface area contributed by atoms with Gasteiger partial charge < -0.3 is 5.32 Å². The Hall–Kier alpha value is -0.890. The summed E-state index contributed by atoms with van der Waals surface area (Å²) in [6, 6.07) is 0.313. The average molecular weight is 221 g/mol. The van der Waals surface area contributed by atoms with Crippen LogP contribution >= 0.6 is 0 Å². The van der Waals surface area contributed by atoms with Crippen molar-refractivity contribution in [3.63, 3.8) is 0 Å². The number of Topliss-reactive ketones (excluding diaryl/α,β-unsaturated/α-hetero) is 1. The summed E-state index contributed by atoms with van der Waals surface area (Å²) >= 11 is 0. The van der Waals surface area contributed by atoms with E-state index < -0.39 is 0 Å². The van der Waals surface area contributed by atoms with E-state index in [1.807, 2.05) is 13.8 Å². The second-order valence-electron chi connectivity index (χ2n) is 5.05. The second kappa shape index (κ2) is 6.00. The Labute approximate surface area is 98.8 Å². The molecule has 0 amide bonds. The van der Waals surface area contributed by atoms with Crippen molar-refractivity contribution in [3.8, 4) is 0 Å². The minimum Gasteiger partial charge on any atom is -0.305 e. The van der Waals surface area contributed by atoms with Gasteiger partial charge in [-0.2, -0.15) is 0 Å². The normalized spacial score (nSPS) is 17.0. The first-order chi connectivity index (χ1) is 7.50. The lowest BCUT2D eigenvalue weighted by molar-refractivity contribution is -0.124. The first-order valence-corrected chi connectivity index (χ1v) is 6.16. The first kappa shape index (κ1) is 13.2. The number of carbonyl (C=O) groups excluding carboxylic acids is 1. The summed E-state index contributed by atoms with van der Waals surface area (Å²) in [5, 5.41) is 3.36. The minimum absolute atomic E-state index is 0.0333. The molecule has 0 saturated carbocycles. The van der Waals surface area contributed by atoms with Gasteiger partial charge in [-0.15, -0.1) is 0 Å². The quantitative estimate of drug-likeness (QED) is 0.747. The van der Waals surface area contributed by atoms with Gasteiger partial charge in [0, 0.05) is 12.0 Å². The topological polar surface area (TPSA) is 29.1 Å². The summed E-state index contributed by atoms with van der Waals surface area (Å²) in [5.41, 5.74) is 1.28. The van der Waals surface area contributed by atoms with Crippen LogP contribution in [0.15, 0.2) is 23.8 Å². The smallest absolute Gasteiger partial charge is 0.152 e. The summed E-state index contributed by atoms with van der Waals surface area (Å²) in [5.74, 6) is 0.414. The fourth-order valence-electron chi connectivity index (χ4n) is 1.94. The Bertz CT molecular complexity index is 300. The predicted molar refractivity (Wildman–Crippen MR) is 68.4 cm³/mol. The summed E-state index contributed by atoms with van der Waals surface area (Å²) in [6.45, 7) is 8.10. The van der Waals surface area contributed by atoms with Gasteiger partial charge in [0.1, 0.15) is 0 Å². The highest BCUT2D eigenvalue weighted by molar-refractivity contribution is 5.86. The third kappa shape index (κ3) is 3.93. The Kier molecular flexibility index (Phi) is 4.94. The molecule has 90 valence electrons. The van der Waals surface area contributed by atoms with Gasteiger partial charge in [-0.05, 0) is 12.8 Å². The third-order valence-corrected chi connectivity index (χ3v) is 2.73. The maximum Gasteiger partial charge on any atom is 0.152 e. The van der Waals surface area contributed by atoms with Crippen LogP contribution in [0.4, 0.5) is 0 Å². The van der Waals surface area contributed by atoms with Crippen LogP contribution in [0, 0.1) is 5.92 Å². The van der Waals surface area contributed by atoms with Crippen molar-refractivity contribution in [2.24, 2.45) is 5.92 Å². The van der Waals surface area contributed by atoms with Crippen molar-refractivity contribution < 1.29 is 4.79 Å². The van der Waals surface area contributed by atoms with E-state index in [0.29, 0.717) is 11.8 Å². The number of allylic oxidation sites excluding steroid dienone is 3. The van der Waals surface area contributed by atoms with Crippen LogP contribution in [0.2, 0.25) is 0 Å². The molecule has 16 heavy (non-hydrogen) atoms. The Balaban J connectivity index is 2.63. The van der Waals surface area contributed by atoms with Crippen LogP contribution in [-0.4, -0.2) is 17.9 Å². The molecule has 0 fully saturated rings. The standard InChI is InChI=1S/C14H23NO/c1-10(2)14(16)13(15-11(3)4)9-12-7-5-6-8-12/h5,7-8,10-11,13,15H,6,9H2,1-4H3. The molecule has 0 heterocycles. The number of ketones is 1. The molecular formula is C14H23NO. The van der Waals surface area contributed by atoms with Gasteiger partial charge >= 0.3 is 0 Å². The molecule has 0 radical (unpaired) electrons. The molecule has 0 aliphatic heterocycles. The highest BCUT2D eigenvalue weighted by atomic mass is 16.1. The van der Waals surface area contributed by atoms with Crippen LogP contribution in [0.1, 0.15) is 40.5 Å². The molecule has 2 nitrogen and oxygen atoms in total. The Morgan fingerprint density at radius 3 is 2.50 bits per heavy atom. The fraction of sp³-hybridized carbons (Fsp3) is 0.643. The number of rotatable bonds is 6. The molecule has 0 bridgehead atoms. The first-order valence-electron chi connectivity index (χ1n) is 6.16. The lowest BCUT2D eigenvalue weighted by atomic mass is 9.95. The monoisotopic (exact) mass is 221 g/mol. The van der Waals surface area contributed by atoms with E-state index in [1.54, 1.807) is 0 Å². The number of carbonyl (C=O) groups is 1. The van der Waals surface area contributed by atoms with Crippen molar-refractivity contribution in [2.75, 3.05) is 0 Å². The third-order valence-electron chi connectivity index (χ3n) is 2.73. The number of nitrogens with one attached hydrogen (secondary N) is 1. The predicted octanol–water partition coefficient (Wildman–Crippen LogP) is 2.85. The summed E-state index contributed by atoms with van der Waals surface area (Å²) in [6.07, 6.45) is 8.30. The van der Waals surface area contributed by atoms with Crippen LogP contribution in [0.5, 0.6) is 0 Å². The highest BCUT2D eigenvalue weighted by Gasteiger charge is 2.22. The zero-order valence-corrected chi connectivity index (χ0v) is 10.8. The van der Waals surface area contributed by atoms with Crippen molar-refractivity contribution in [2.45, 2.75) is 52.6 Å². The Morgan fingerprint density at radius 1 is 1.38 bits per heavy atom. The van der Waals surface area contributed by atoms with Crippen LogP contribution in [-0.2, 0) is 4.79 Å². The van der Waals surface area contributed by atoms with Gasteiger partial charge in [0.15, 0.2) is 5.78 Å². The number of hydrogen-bond donors (Lipinski definition) is 1. The molecule has 0 spiro atoms. The molecule has 1 atom stereocenters. The maximum absolute atomic E-state index is 12.1. The molecule has 1 N–H and O–H groups in total. The van der Waals surface area contributed by atoms with Crippen LogP contribution in [0.3, 0.4) is 0 Å². The van der Waals surface area contributed by atoms with E-state index in [0.717, 1.165) is 12.8 Å². The number of hydrogen-bond acceptors (Lipinski definition) is 2. The van der Waals surface area contributed by atoms with Crippen LogP contribution in [0.25, 0.3) is 0 Å². The van der Waals surface area contributed by atoms with Gasteiger partial charge in [0.2, 0.25) is 0 Å². The second-order valence-corrected chi connectivity index (χ2v) is 5.05. The summed E-state index contributed by atoms with van der Waals surface area (Å²) in [7, 11) is 0. The van der Waals surface area contributed by atoms with E-state index in [-0.39, 0.29) is 12.0 Å². The van der Waals surface area contributed by atoms with Gasteiger partial charge in [-0.1, -0.05) is 51.5 Å². The van der Waals surface area contributed by atoms with Gasteiger partial charge in [0.05, 0.1) is 6.04 Å².